The number of methoxy groups -OCH3 is 1. The zero-order valence-electron chi connectivity index (χ0n) is 16.2. The van der Waals surface area contributed by atoms with Crippen LogP contribution in [-0.4, -0.2) is 13.1 Å². The van der Waals surface area contributed by atoms with Gasteiger partial charge in [-0.25, -0.2) is 4.79 Å². The first-order valence-electron chi connectivity index (χ1n) is 9.66. The van der Waals surface area contributed by atoms with Crippen LogP contribution in [0.3, 0.4) is 0 Å². The predicted molar refractivity (Wildman–Crippen MR) is 107 cm³/mol. The average molecular weight is 376 g/mol. The number of ether oxygens (including phenoxy) is 2. The fourth-order valence-electron chi connectivity index (χ4n) is 3.61. The van der Waals surface area contributed by atoms with Crippen molar-refractivity contribution in [1.82, 2.24) is 0 Å². The molecule has 1 atom stereocenters. The van der Waals surface area contributed by atoms with Crippen molar-refractivity contribution in [2.75, 3.05) is 7.11 Å². The number of furan rings is 1. The number of carbonyl (C=O) groups excluding carboxylic acids is 1. The van der Waals surface area contributed by atoms with Crippen molar-refractivity contribution in [3.8, 4) is 17.1 Å². The van der Waals surface area contributed by atoms with E-state index < -0.39 is 0 Å². The summed E-state index contributed by atoms with van der Waals surface area (Å²) in [5, 5.41) is 0. The number of hydrogen-bond donors (Lipinski definition) is 0. The summed E-state index contributed by atoms with van der Waals surface area (Å²) in [6.07, 6.45) is 3.47. The molecule has 1 heterocycles. The molecule has 1 aromatic heterocycles. The minimum atomic E-state index is -0.347. The quantitative estimate of drug-likeness (QED) is 0.498. The second kappa shape index (κ2) is 7.93. The van der Waals surface area contributed by atoms with Crippen LogP contribution in [0.1, 0.15) is 47.0 Å². The van der Waals surface area contributed by atoms with E-state index >= 15 is 0 Å². The molecule has 144 valence electrons. The molecule has 1 aliphatic rings. The first-order chi connectivity index (χ1) is 13.7. The van der Waals surface area contributed by atoms with Gasteiger partial charge in [0.25, 0.3) is 0 Å². The summed E-state index contributed by atoms with van der Waals surface area (Å²) in [5.41, 5.74) is 2.67. The van der Waals surface area contributed by atoms with E-state index in [0.717, 1.165) is 41.2 Å². The Morgan fingerprint density at radius 1 is 1.07 bits per heavy atom. The molecule has 2 aromatic carbocycles. The first-order valence-corrected chi connectivity index (χ1v) is 9.66. The molecular weight excluding hydrogens is 352 g/mol. The zero-order valence-corrected chi connectivity index (χ0v) is 16.2. The number of hydrogen-bond acceptors (Lipinski definition) is 4. The summed E-state index contributed by atoms with van der Waals surface area (Å²) in [6, 6.07) is 19.3. The number of benzene rings is 2. The Kier molecular flexibility index (Phi) is 5.20. The highest BCUT2D eigenvalue weighted by atomic mass is 16.5. The Balaban J connectivity index is 1.60. The molecule has 1 unspecified atom stereocenters. The van der Waals surface area contributed by atoms with E-state index in [1.165, 1.54) is 13.5 Å². The van der Waals surface area contributed by atoms with E-state index in [-0.39, 0.29) is 12.1 Å². The van der Waals surface area contributed by atoms with Crippen LogP contribution in [0.2, 0.25) is 0 Å². The molecule has 0 radical (unpaired) electrons. The minimum absolute atomic E-state index is 0.0565. The average Bonchev–Trinajstić information content (AvgIpc) is 3.08. The fourth-order valence-corrected chi connectivity index (χ4v) is 3.61. The normalized spacial score (nSPS) is 14.9. The van der Waals surface area contributed by atoms with E-state index in [9.17, 15) is 4.79 Å². The standard InChI is InChI=1S/C24H24O4/c1-16-21(15-22(27-16)17-7-4-3-5-8-17)23(18-9-6-10-18)28-20-13-11-19(12-14-20)24(25)26-2/h3-5,7-8,11-15,18,23H,6,9-10H2,1-2H3. The molecule has 1 saturated carbocycles. The molecule has 28 heavy (non-hydrogen) atoms. The van der Waals surface area contributed by atoms with Crippen LogP contribution >= 0.6 is 0 Å². The maximum Gasteiger partial charge on any atom is 0.337 e. The van der Waals surface area contributed by atoms with Gasteiger partial charge >= 0.3 is 5.97 Å². The van der Waals surface area contributed by atoms with E-state index in [1.807, 2.05) is 49.4 Å². The maximum atomic E-state index is 11.6. The highest BCUT2D eigenvalue weighted by molar-refractivity contribution is 5.89. The predicted octanol–water partition coefficient (Wildman–Crippen LogP) is 5.96. The summed E-state index contributed by atoms with van der Waals surface area (Å²) in [6.45, 7) is 2.00. The van der Waals surface area contributed by atoms with Crippen molar-refractivity contribution >= 4 is 5.97 Å². The Morgan fingerprint density at radius 3 is 2.39 bits per heavy atom. The second-order valence-corrected chi connectivity index (χ2v) is 7.23. The summed E-state index contributed by atoms with van der Waals surface area (Å²) in [4.78, 5) is 11.6. The molecule has 4 nitrogen and oxygen atoms in total. The molecule has 0 amide bonds. The van der Waals surface area contributed by atoms with Crippen molar-refractivity contribution in [1.29, 1.82) is 0 Å². The third kappa shape index (κ3) is 3.68. The topological polar surface area (TPSA) is 48.7 Å². The van der Waals surface area contributed by atoms with Gasteiger partial charge in [0, 0.05) is 17.0 Å². The number of rotatable bonds is 6. The highest BCUT2D eigenvalue weighted by Gasteiger charge is 2.33. The monoisotopic (exact) mass is 376 g/mol. The van der Waals surface area contributed by atoms with Crippen molar-refractivity contribution in [2.45, 2.75) is 32.3 Å². The lowest BCUT2D eigenvalue weighted by Gasteiger charge is -2.33. The lowest BCUT2D eigenvalue weighted by atomic mass is 9.78. The van der Waals surface area contributed by atoms with Gasteiger partial charge in [-0.3, -0.25) is 0 Å². The summed E-state index contributed by atoms with van der Waals surface area (Å²) in [7, 11) is 1.38. The molecule has 0 saturated heterocycles. The smallest absolute Gasteiger partial charge is 0.337 e. The third-order valence-electron chi connectivity index (χ3n) is 5.44. The molecule has 0 aliphatic heterocycles. The molecule has 3 aromatic rings. The van der Waals surface area contributed by atoms with Gasteiger partial charge < -0.3 is 13.9 Å². The van der Waals surface area contributed by atoms with Crippen LogP contribution in [0.5, 0.6) is 5.75 Å². The SMILES string of the molecule is COC(=O)c1ccc(OC(c2cc(-c3ccccc3)oc2C)C2CCC2)cc1. The fraction of sp³-hybridized carbons (Fsp3) is 0.292. The Labute approximate surface area is 165 Å². The lowest BCUT2D eigenvalue weighted by Crippen LogP contribution is -2.25. The molecule has 1 aliphatic carbocycles. The lowest BCUT2D eigenvalue weighted by molar-refractivity contribution is 0.0600. The number of carbonyl (C=O) groups is 1. The minimum Gasteiger partial charge on any atom is -0.485 e. The molecule has 0 spiro atoms. The van der Waals surface area contributed by atoms with Gasteiger partial charge in [0.1, 0.15) is 23.4 Å². The van der Waals surface area contributed by atoms with Gasteiger partial charge in [-0.05, 0) is 50.1 Å². The van der Waals surface area contributed by atoms with Crippen LogP contribution in [0, 0.1) is 12.8 Å². The van der Waals surface area contributed by atoms with Gasteiger partial charge in [-0.2, -0.15) is 0 Å². The van der Waals surface area contributed by atoms with Crippen LogP contribution in [0.15, 0.2) is 65.1 Å². The largest absolute Gasteiger partial charge is 0.485 e. The summed E-state index contributed by atoms with van der Waals surface area (Å²) < 4.78 is 17.2. The van der Waals surface area contributed by atoms with Crippen molar-refractivity contribution in [3.63, 3.8) is 0 Å². The van der Waals surface area contributed by atoms with Crippen LogP contribution in [-0.2, 0) is 4.74 Å². The van der Waals surface area contributed by atoms with Crippen molar-refractivity contribution < 1.29 is 18.7 Å². The van der Waals surface area contributed by atoms with Crippen LogP contribution < -0.4 is 4.74 Å². The van der Waals surface area contributed by atoms with Crippen molar-refractivity contribution in [3.05, 3.63) is 77.6 Å². The van der Waals surface area contributed by atoms with Crippen LogP contribution in [0.4, 0.5) is 0 Å². The maximum absolute atomic E-state index is 11.6. The number of aryl methyl sites for hydroxylation is 1. The highest BCUT2D eigenvalue weighted by Crippen LogP contribution is 2.43. The Bertz CT molecular complexity index is 936. The summed E-state index contributed by atoms with van der Waals surface area (Å²) >= 11 is 0. The molecule has 4 heteroatoms. The van der Waals surface area contributed by atoms with E-state index in [0.29, 0.717) is 11.5 Å². The molecule has 1 fully saturated rings. The molecular formula is C24H24O4. The van der Waals surface area contributed by atoms with Gasteiger partial charge in [0.05, 0.1) is 12.7 Å². The molecule has 0 bridgehead atoms. The third-order valence-corrected chi connectivity index (χ3v) is 5.44. The number of esters is 1. The van der Waals surface area contributed by atoms with Gasteiger partial charge in [0.2, 0.25) is 0 Å². The summed E-state index contributed by atoms with van der Waals surface area (Å²) in [5.74, 6) is 2.62. The molecule has 0 N–H and O–H groups in total. The second-order valence-electron chi connectivity index (χ2n) is 7.23. The van der Waals surface area contributed by atoms with E-state index in [2.05, 4.69) is 6.07 Å². The van der Waals surface area contributed by atoms with Crippen LogP contribution in [0.25, 0.3) is 11.3 Å². The Morgan fingerprint density at radius 2 is 1.79 bits per heavy atom. The van der Waals surface area contributed by atoms with E-state index in [4.69, 9.17) is 13.9 Å². The van der Waals surface area contributed by atoms with Gasteiger partial charge in [0.15, 0.2) is 0 Å². The Hall–Kier alpha value is -3.01. The van der Waals surface area contributed by atoms with Gasteiger partial charge in [-0.1, -0.05) is 36.8 Å². The first kappa shape index (κ1) is 18.4. The van der Waals surface area contributed by atoms with Gasteiger partial charge in [-0.15, -0.1) is 0 Å². The zero-order chi connectivity index (χ0) is 19.5. The van der Waals surface area contributed by atoms with E-state index in [1.54, 1.807) is 12.1 Å². The van der Waals surface area contributed by atoms with Crippen molar-refractivity contribution in [2.24, 2.45) is 5.92 Å². The molecule has 4 rings (SSSR count).